The fraction of sp³-hybridized carbons (Fsp3) is 0.655. The number of aliphatic hydroxyl groups excluding tert-OH is 1. The normalized spacial score (nSPS) is 22.2. The van der Waals surface area contributed by atoms with Crippen molar-refractivity contribution in [1.29, 1.82) is 0 Å². The number of aliphatic hydroxyl groups is 1. The highest BCUT2D eigenvalue weighted by Crippen LogP contribution is 2.33. The van der Waals surface area contributed by atoms with E-state index in [-0.39, 0.29) is 19.4 Å². The van der Waals surface area contributed by atoms with Crippen molar-refractivity contribution in [2.75, 3.05) is 45.4 Å². The molecule has 2 aliphatic rings. The molecule has 1 atom stereocenters. The smallest absolute Gasteiger partial charge is 0.126 e. The molecule has 7 nitrogen and oxygen atoms in total. The molecule has 1 saturated carbocycles. The molecule has 0 bridgehead atoms. The van der Waals surface area contributed by atoms with Crippen LogP contribution in [0.25, 0.3) is 11.3 Å². The number of hydrogen-bond donors (Lipinski definition) is 3. The van der Waals surface area contributed by atoms with Crippen LogP contribution in [-0.2, 0) is 15.9 Å². The van der Waals surface area contributed by atoms with Gasteiger partial charge in [0.1, 0.15) is 5.82 Å². The first-order valence-corrected chi connectivity index (χ1v) is 13.7. The fourth-order valence-electron chi connectivity index (χ4n) is 5.48. The van der Waals surface area contributed by atoms with E-state index in [0.29, 0.717) is 42.8 Å². The predicted octanol–water partition coefficient (Wildman–Crippen LogP) is 5.36. The van der Waals surface area contributed by atoms with Gasteiger partial charge < -0.3 is 25.2 Å². The maximum Gasteiger partial charge on any atom is 0.126 e. The third kappa shape index (κ3) is 8.36. The molecule has 0 spiro atoms. The van der Waals surface area contributed by atoms with Gasteiger partial charge in [-0.1, -0.05) is 25.1 Å². The summed E-state index contributed by atoms with van der Waals surface area (Å²) < 4.78 is 10.7. The number of hydrogen-bond acceptors (Lipinski definition) is 7. The number of rotatable bonds is 11. The van der Waals surface area contributed by atoms with Gasteiger partial charge in [-0.05, 0) is 76.0 Å². The van der Waals surface area contributed by atoms with E-state index in [9.17, 15) is 5.11 Å². The van der Waals surface area contributed by atoms with Crippen LogP contribution < -0.4 is 10.6 Å². The molecular weight excluding hydrogens is 488 g/mol. The molecule has 206 valence electrons. The summed E-state index contributed by atoms with van der Waals surface area (Å²) in [6, 6.07) is 9.02. The van der Waals surface area contributed by atoms with Crippen molar-refractivity contribution in [2.45, 2.75) is 71.4 Å². The van der Waals surface area contributed by atoms with Gasteiger partial charge in [-0.25, -0.2) is 4.98 Å². The van der Waals surface area contributed by atoms with Gasteiger partial charge in [0, 0.05) is 61.8 Å². The van der Waals surface area contributed by atoms with E-state index in [2.05, 4.69) is 28.6 Å². The summed E-state index contributed by atoms with van der Waals surface area (Å²) >= 11 is 6.57. The van der Waals surface area contributed by atoms with Gasteiger partial charge in [0.15, 0.2) is 0 Å². The Morgan fingerprint density at radius 3 is 2.68 bits per heavy atom. The lowest BCUT2D eigenvalue weighted by Crippen LogP contribution is -2.41. The fourth-order valence-corrected chi connectivity index (χ4v) is 5.68. The lowest BCUT2D eigenvalue weighted by atomic mass is 9.81. The number of anilines is 1. The molecule has 4 rings (SSSR count). The van der Waals surface area contributed by atoms with Crippen LogP contribution in [0.15, 0.2) is 30.5 Å². The van der Waals surface area contributed by atoms with Crippen molar-refractivity contribution in [3.63, 3.8) is 0 Å². The Morgan fingerprint density at radius 2 is 1.97 bits per heavy atom. The summed E-state index contributed by atoms with van der Waals surface area (Å²) in [7, 11) is 1.75. The van der Waals surface area contributed by atoms with Crippen LogP contribution in [0.3, 0.4) is 0 Å². The highest BCUT2D eigenvalue weighted by Gasteiger charge is 2.32. The van der Waals surface area contributed by atoms with Crippen molar-refractivity contribution in [3.8, 4) is 11.3 Å². The molecule has 3 heterocycles. The van der Waals surface area contributed by atoms with Crippen molar-refractivity contribution >= 4 is 17.4 Å². The Morgan fingerprint density at radius 1 is 1.22 bits per heavy atom. The van der Waals surface area contributed by atoms with Gasteiger partial charge in [0.25, 0.3) is 0 Å². The molecule has 0 unspecified atom stereocenters. The van der Waals surface area contributed by atoms with Crippen LogP contribution in [0.5, 0.6) is 0 Å². The molecule has 2 aromatic rings. The molecule has 2 aromatic heterocycles. The quantitative estimate of drug-likeness (QED) is 0.359. The summed E-state index contributed by atoms with van der Waals surface area (Å²) in [5.74, 6) is 1.42. The van der Waals surface area contributed by atoms with E-state index < -0.39 is 0 Å². The Hall–Kier alpha value is -1.77. The Bertz CT molecular complexity index is 962. The van der Waals surface area contributed by atoms with Crippen LogP contribution in [-0.4, -0.2) is 67.2 Å². The number of ether oxygens (including phenoxy) is 2. The minimum atomic E-state index is -0.159. The Labute approximate surface area is 227 Å². The van der Waals surface area contributed by atoms with Gasteiger partial charge in [-0.15, -0.1) is 0 Å². The third-order valence-corrected chi connectivity index (χ3v) is 8.05. The third-order valence-electron chi connectivity index (χ3n) is 7.75. The van der Waals surface area contributed by atoms with Crippen LogP contribution >= 0.6 is 11.6 Å². The number of methoxy groups -OCH3 is 1. The lowest BCUT2D eigenvalue weighted by Gasteiger charge is -2.35. The first-order chi connectivity index (χ1) is 17.5. The maximum absolute atomic E-state index is 9.98. The minimum Gasteiger partial charge on any atom is -0.396 e. The maximum atomic E-state index is 9.98. The van der Waals surface area contributed by atoms with E-state index in [1.54, 1.807) is 13.3 Å². The van der Waals surface area contributed by atoms with E-state index in [1.807, 2.05) is 18.2 Å². The molecule has 0 amide bonds. The Kier molecular flexibility index (Phi) is 11.6. The number of pyridine rings is 2. The number of aromatic nitrogens is 2. The van der Waals surface area contributed by atoms with Crippen molar-refractivity contribution in [1.82, 2.24) is 15.3 Å². The molecule has 8 heteroatoms. The zero-order chi connectivity index (χ0) is 25.4. The van der Waals surface area contributed by atoms with E-state index in [1.165, 1.54) is 25.7 Å². The zero-order valence-electron chi connectivity index (χ0n) is 21.6. The standard InChI is InChI=1S/C28H41ClN4O3.CH4/c1-20(17-35-2)32-22-8-6-21(7-9-22)14-23-15-24(25(29)16-30-23)26-4-3-5-27(33-26)31-18-28(19-34)10-12-36-13-11-28;/h3-5,15-16,20-22,32,34H,6-14,17-19H2,1-2H3,(H,31,33);1H4/t20-,21?,22?;/m1./s1. The monoisotopic (exact) mass is 532 g/mol. The number of nitrogens with one attached hydrogen (secondary N) is 2. The highest BCUT2D eigenvalue weighted by molar-refractivity contribution is 6.33. The molecule has 0 aromatic carbocycles. The Balaban J connectivity index is 0.00000380. The molecule has 1 aliphatic heterocycles. The second kappa shape index (κ2) is 14.4. The van der Waals surface area contributed by atoms with Crippen LogP contribution in [0.4, 0.5) is 5.82 Å². The summed E-state index contributed by atoms with van der Waals surface area (Å²) in [4.78, 5) is 9.48. The van der Waals surface area contributed by atoms with Crippen LogP contribution in [0.1, 0.15) is 58.6 Å². The molecular formula is C29H45ClN4O3. The number of nitrogens with zero attached hydrogens (tertiary/aromatic N) is 2. The largest absolute Gasteiger partial charge is 0.396 e. The molecule has 3 N–H and O–H groups in total. The van der Waals surface area contributed by atoms with E-state index >= 15 is 0 Å². The SMILES string of the molecule is C.COC[C@@H](C)NC1CCC(Cc2cc(-c3cccc(NCC4(CO)CCOCC4)n3)c(Cl)cn2)CC1. The summed E-state index contributed by atoms with van der Waals surface area (Å²) in [5.41, 5.74) is 2.66. The first-order valence-electron chi connectivity index (χ1n) is 13.3. The number of halogens is 1. The van der Waals surface area contributed by atoms with E-state index in [4.69, 9.17) is 26.1 Å². The average Bonchev–Trinajstić information content (AvgIpc) is 2.90. The van der Waals surface area contributed by atoms with Gasteiger partial charge in [-0.3, -0.25) is 4.98 Å². The molecule has 37 heavy (non-hydrogen) atoms. The molecule has 2 fully saturated rings. The van der Waals surface area contributed by atoms with Crippen LogP contribution in [0.2, 0.25) is 5.02 Å². The van der Waals surface area contributed by atoms with Gasteiger partial charge in [0.05, 0.1) is 23.9 Å². The van der Waals surface area contributed by atoms with Crippen molar-refractivity contribution in [2.24, 2.45) is 11.3 Å². The summed E-state index contributed by atoms with van der Waals surface area (Å²) in [6.07, 6.45) is 9.20. The van der Waals surface area contributed by atoms with Crippen LogP contribution in [0, 0.1) is 11.3 Å². The second-order valence-electron chi connectivity index (χ2n) is 10.6. The minimum absolute atomic E-state index is 0. The van der Waals surface area contributed by atoms with Crippen molar-refractivity contribution < 1.29 is 14.6 Å². The molecule has 1 saturated heterocycles. The van der Waals surface area contributed by atoms with Gasteiger partial charge in [-0.2, -0.15) is 0 Å². The van der Waals surface area contributed by atoms with Gasteiger partial charge >= 0.3 is 0 Å². The lowest BCUT2D eigenvalue weighted by molar-refractivity contribution is -0.00861. The first kappa shape index (κ1) is 29.8. The average molecular weight is 533 g/mol. The highest BCUT2D eigenvalue weighted by atomic mass is 35.5. The van der Waals surface area contributed by atoms with Crippen molar-refractivity contribution in [3.05, 3.63) is 41.2 Å². The second-order valence-corrected chi connectivity index (χ2v) is 11.0. The topological polar surface area (TPSA) is 88.5 Å². The zero-order valence-corrected chi connectivity index (χ0v) is 22.4. The van der Waals surface area contributed by atoms with E-state index in [0.717, 1.165) is 48.6 Å². The molecule has 0 radical (unpaired) electrons. The summed E-state index contributed by atoms with van der Waals surface area (Å²) in [6.45, 7) is 5.13. The van der Waals surface area contributed by atoms with Gasteiger partial charge in [0.2, 0.25) is 0 Å². The predicted molar refractivity (Wildman–Crippen MR) is 151 cm³/mol. The summed E-state index contributed by atoms with van der Waals surface area (Å²) in [5, 5.41) is 17.7. The molecule has 1 aliphatic carbocycles.